The zero-order valence-electron chi connectivity index (χ0n) is 17.5. The van der Waals surface area contributed by atoms with Crippen molar-refractivity contribution in [1.82, 2.24) is 24.1 Å². The van der Waals surface area contributed by atoms with Crippen LogP contribution in [0.1, 0.15) is 36.8 Å². The molecule has 0 bridgehead atoms. The third-order valence-corrected chi connectivity index (χ3v) is 4.99. The van der Waals surface area contributed by atoms with Crippen LogP contribution in [-0.2, 0) is 22.7 Å². The maximum absolute atomic E-state index is 13.1. The first kappa shape index (κ1) is 21.2. The first-order chi connectivity index (χ1) is 15.2. The highest BCUT2D eigenvalue weighted by atomic mass is 19.1. The summed E-state index contributed by atoms with van der Waals surface area (Å²) in [6.45, 7) is 4.69. The van der Waals surface area contributed by atoms with E-state index in [1.54, 1.807) is 0 Å². The van der Waals surface area contributed by atoms with Gasteiger partial charge in [-0.1, -0.05) is 0 Å². The molecule has 3 amide bonds. The molecular formula is C20H20FN7O4. The van der Waals surface area contributed by atoms with Gasteiger partial charge in [0.2, 0.25) is 11.8 Å². The van der Waals surface area contributed by atoms with Crippen molar-refractivity contribution < 1.29 is 18.8 Å². The number of nitrogens with one attached hydrogen (secondary N) is 2. The summed E-state index contributed by atoms with van der Waals surface area (Å²) in [7, 11) is 0. The Morgan fingerprint density at radius 2 is 1.94 bits per heavy atom. The molecule has 0 fully saturated rings. The van der Waals surface area contributed by atoms with Gasteiger partial charge in [0.05, 0.1) is 18.3 Å². The van der Waals surface area contributed by atoms with E-state index in [4.69, 9.17) is 0 Å². The quantitative estimate of drug-likeness (QED) is 0.607. The number of carbonyl (C=O) groups excluding carboxylic acids is 3. The number of anilines is 2. The fourth-order valence-electron chi connectivity index (χ4n) is 3.58. The van der Waals surface area contributed by atoms with Crippen molar-refractivity contribution >= 4 is 35.0 Å². The van der Waals surface area contributed by atoms with E-state index in [0.29, 0.717) is 0 Å². The second-order valence-corrected chi connectivity index (χ2v) is 7.64. The number of hydrogen-bond donors (Lipinski definition) is 2. The van der Waals surface area contributed by atoms with E-state index in [9.17, 15) is 23.6 Å². The predicted octanol–water partition coefficient (Wildman–Crippen LogP) is 0.991. The largest absolute Gasteiger partial charge is 0.330 e. The Morgan fingerprint density at radius 3 is 2.56 bits per heavy atom. The van der Waals surface area contributed by atoms with Crippen molar-refractivity contribution in [3.8, 4) is 0 Å². The van der Waals surface area contributed by atoms with Crippen LogP contribution in [0, 0.1) is 5.82 Å². The average Bonchev–Trinajstić information content (AvgIpc) is 3.28. The molecule has 0 saturated heterocycles. The molecule has 32 heavy (non-hydrogen) atoms. The minimum Gasteiger partial charge on any atom is -0.330 e. The fourth-order valence-corrected chi connectivity index (χ4v) is 3.58. The molecule has 3 aromatic heterocycles. The van der Waals surface area contributed by atoms with Gasteiger partial charge in [-0.3, -0.25) is 19.2 Å². The fraction of sp³-hybridized carbons (Fsp3) is 0.300. The van der Waals surface area contributed by atoms with Gasteiger partial charge in [-0.15, -0.1) is 5.10 Å². The van der Waals surface area contributed by atoms with Crippen molar-refractivity contribution in [3.63, 3.8) is 0 Å². The second kappa shape index (κ2) is 7.87. The molecule has 4 rings (SSSR count). The topological polar surface area (TPSA) is 131 Å². The lowest BCUT2D eigenvalue weighted by Gasteiger charge is -2.20. The molecule has 0 aromatic carbocycles. The number of hydrogen-bond acceptors (Lipinski definition) is 6. The van der Waals surface area contributed by atoms with E-state index in [1.807, 2.05) is 13.8 Å². The molecule has 4 heterocycles. The average molecular weight is 441 g/mol. The predicted molar refractivity (Wildman–Crippen MR) is 112 cm³/mol. The van der Waals surface area contributed by atoms with Crippen molar-refractivity contribution in [2.24, 2.45) is 0 Å². The lowest BCUT2D eigenvalue weighted by Crippen LogP contribution is -2.32. The van der Waals surface area contributed by atoms with Gasteiger partial charge in [0.15, 0.2) is 5.82 Å². The molecule has 0 saturated carbocycles. The third-order valence-electron chi connectivity index (χ3n) is 4.99. The first-order valence-electron chi connectivity index (χ1n) is 9.81. The summed E-state index contributed by atoms with van der Waals surface area (Å²) in [6, 6.07) is 3.70. The summed E-state index contributed by atoms with van der Waals surface area (Å²) >= 11 is 0. The number of nitrogens with zero attached hydrogens (tertiary/aromatic N) is 5. The van der Waals surface area contributed by atoms with Crippen LogP contribution in [-0.4, -0.2) is 47.8 Å². The lowest BCUT2D eigenvalue weighted by molar-refractivity contribution is -0.117. The Hall–Kier alpha value is -4.09. The Labute approximate surface area is 180 Å². The van der Waals surface area contributed by atoms with Gasteiger partial charge in [-0.2, -0.15) is 4.52 Å². The van der Waals surface area contributed by atoms with E-state index < -0.39 is 17.3 Å². The van der Waals surface area contributed by atoms with Gasteiger partial charge >= 0.3 is 0 Å². The summed E-state index contributed by atoms with van der Waals surface area (Å²) in [5.41, 5.74) is -0.0345. The van der Waals surface area contributed by atoms with Crippen molar-refractivity contribution in [1.29, 1.82) is 0 Å². The summed E-state index contributed by atoms with van der Waals surface area (Å²) in [4.78, 5) is 55.6. The van der Waals surface area contributed by atoms with E-state index in [-0.39, 0.29) is 59.5 Å². The molecule has 0 atom stereocenters. The van der Waals surface area contributed by atoms with Crippen LogP contribution >= 0.6 is 0 Å². The van der Waals surface area contributed by atoms with Crippen LogP contribution in [0.5, 0.6) is 0 Å². The number of pyridine rings is 1. The smallest absolute Gasteiger partial charge is 0.280 e. The number of carbonyl (C=O) groups is 3. The van der Waals surface area contributed by atoms with Gasteiger partial charge in [-0.05, 0) is 26.0 Å². The summed E-state index contributed by atoms with van der Waals surface area (Å²) in [6.07, 6.45) is 0.964. The van der Waals surface area contributed by atoms with Gasteiger partial charge in [0.1, 0.15) is 29.5 Å². The number of aromatic nitrogens is 4. The minimum atomic E-state index is -0.549. The Morgan fingerprint density at radius 1 is 1.19 bits per heavy atom. The molecule has 0 aliphatic carbocycles. The van der Waals surface area contributed by atoms with Gasteiger partial charge < -0.3 is 20.1 Å². The van der Waals surface area contributed by atoms with Gasteiger partial charge in [0.25, 0.3) is 11.5 Å². The monoisotopic (exact) mass is 441 g/mol. The molecule has 0 unspecified atom stereocenters. The lowest BCUT2D eigenvalue weighted by atomic mass is 10.2. The normalized spacial score (nSPS) is 13.0. The van der Waals surface area contributed by atoms with Gasteiger partial charge in [0, 0.05) is 19.0 Å². The third kappa shape index (κ3) is 3.70. The molecule has 1 aliphatic heterocycles. The van der Waals surface area contributed by atoms with Crippen LogP contribution in [0.15, 0.2) is 29.2 Å². The summed E-state index contributed by atoms with van der Waals surface area (Å²) in [5.74, 6) is -1.62. The molecular weight excluding hydrogens is 421 g/mol. The molecule has 3 aromatic rings. The first-order valence-corrected chi connectivity index (χ1v) is 9.81. The Balaban J connectivity index is 1.81. The SMILES string of the molecule is CC(=O)Nc1cc2n(CC(=O)Nc3ccc(F)cn3)c3c(c(=O)n2n1)CN(C(C)C)C3=O. The van der Waals surface area contributed by atoms with E-state index in [1.165, 1.54) is 28.5 Å². The van der Waals surface area contributed by atoms with Crippen molar-refractivity contribution in [3.05, 3.63) is 51.8 Å². The number of halogens is 1. The molecule has 12 heteroatoms. The van der Waals surface area contributed by atoms with Gasteiger partial charge in [-0.25, -0.2) is 9.37 Å². The van der Waals surface area contributed by atoms with Crippen LogP contribution < -0.4 is 16.2 Å². The van der Waals surface area contributed by atoms with E-state index in [2.05, 4.69) is 20.7 Å². The highest BCUT2D eigenvalue weighted by Gasteiger charge is 2.36. The molecule has 2 N–H and O–H groups in total. The zero-order valence-corrected chi connectivity index (χ0v) is 17.5. The van der Waals surface area contributed by atoms with Crippen LogP contribution in [0.4, 0.5) is 16.0 Å². The highest BCUT2D eigenvalue weighted by Crippen LogP contribution is 2.25. The van der Waals surface area contributed by atoms with Crippen LogP contribution in [0.25, 0.3) is 5.65 Å². The maximum atomic E-state index is 13.1. The van der Waals surface area contributed by atoms with Crippen LogP contribution in [0.3, 0.4) is 0 Å². The Kier molecular flexibility index (Phi) is 5.20. The summed E-state index contributed by atoms with van der Waals surface area (Å²) in [5, 5.41) is 9.15. The number of fused-ring (bicyclic) bond motifs is 2. The van der Waals surface area contributed by atoms with Crippen molar-refractivity contribution in [2.45, 2.75) is 39.9 Å². The summed E-state index contributed by atoms with van der Waals surface area (Å²) < 4.78 is 15.5. The van der Waals surface area contributed by atoms with E-state index >= 15 is 0 Å². The minimum absolute atomic E-state index is 0.0804. The number of rotatable bonds is 5. The molecule has 0 radical (unpaired) electrons. The molecule has 166 valence electrons. The van der Waals surface area contributed by atoms with Crippen molar-refractivity contribution in [2.75, 3.05) is 10.6 Å². The molecule has 11 nitrogen and oxygen atoms in total. The number of amides is 3. The molecule has 0 spiro atoms. The highest BCUT2D eigenvalue weighted by molar-refractivity contribution is 5.99. The standard InChI is InChI=1S/C20H20FN7O4/c1-10(2)26-8-13-18(20(26)32)27(9-16(30)24-14-5-4-12(21)7-22-14)17-6-15(23-11(3)29)25-28(17)19(13)31/h4-7,10H,8-9H2,1-3H3,(H,22,24,30)(H,23,25,29). The Bertz CT molecular complexity index is 1310. The van der Waals surface area contributed by atoms with E-state index in [0.717, 1.165) is 16.8 Å². The maximum Gasteiger partial charge on any atom is 0.280 e. The second-order valence-electron chi connectivity index (χ2n) is 7.64. The zero-order chi connectivity index (χ0) is 23.2. The van der Waals surface area contributed by atoms with Crippen LogP contribution in [0.2, 0.25) is 0 Å². The molecule has 1 aliphatic rings.